The summed E-state index contributed by atoms with van der Waals surface area (Å²) in [6, 6.07) is 27.5. The fourth-order valence-electron chi connectivity index (χ4n) is 8.78. The Kier molecular flexibility index (Phi) is 15.1. The molecule has 1 N–H and O–H groups in total. The molecule has 0 aromatic heterocycles. The van der Waals surface area contributed by atoms with E-state index in [0.717, 1.165) is 38.8 Å². The highest BCUT2D eigenvalue weighted by molar-refractivity contribution is 6.38. The molecule has 0 spiro atoms. The molecule has 4 aromatic rings. The van der Waals surface area contributed by atoms with Crippen LogP contribution in [0, 0.1) is 5.41 Å². The van der Waals surface area contributed by atoms with Crippen molar-refractivity contribution in [2.75, 3.05) is 53.7 Å². The van der Waals surface area contributed by atoms with Crippen molar-refractivity contribution in [3.8, 4) is 28.4 Å². The minimum atomic E-state index is -2.33. The minimum absolute atomic E-state index is 0.0359. The smallest absolute Gasteiger partial charge is 0.409 e. The van der Waals surface area contributed by atoms with E-state index in [0.29, 0.717) is 17.1 Å². The molecule has 0 bridgehead atoms. The SMILES string of the molecule is C=CC(=O)OCC(C)(C)C(=O)C(=O)N1CCN(C(=O)OCC2c3ccccc3-c3ccccc32)C[C@]1(C(=O)O)C(CCc1ccc(OC)c(OC)c1)c1cccc(OCC(=O)OC(C)(C)C)c1. The number of carbonyl (C=O) groups is 6. The van der Waals surface area contributed by atoms with Gasteiger partial charge in [0.15, 0.2) is 23.6 Å². The topological polar surface area (TPSA) is 185 Å². The molecule has 1 fully saturated rings. The van der Waals surface area contributed by atoms with Gasteiger partial charge in [0, 0.05) is 31.0 Å². The van der Waals surface area contributed by atoms with Crippen molar-refractivity contribution in [2.24, 2.45) is 5.41 Å². The Morgan fingerprint density at radius 1 is 0.821 bits per heavy atom. The van der Waals surface area contributed by atoms with E-state index in [1.54, 1.807) is 63.2 Å². The normalized spacial score (nSPS) is 16.2. The van der Waals surface area contributed by atoms with Crippen molar-refractivity contribution in [2.45, 2.75) is 70.4 Å². The first-order chi connectivity index (χ1) is 31.8. The lowest BCUT2D eigenvalue weighted by molar-refractivity contribution is -0.171. The molecular weight excluding hydrogens is 861 g/mol. The van der Waals surface area contributed by atoms with E-state index >= 15 is 0 Å². The van der Waals surface area contributed by atoms with Crippen molar-refractivity contribution >= 4 is 35.7 Å². The lowest BCUT2D eigenvalue weighted by atomic mass is 9.72. The van der Waals surface area contributed by atoms with Crippen LogP contribution >= 0.6 is 0 Å². The lowest BCUT2D eigenvalue weighted by Gasteiger charge is -2.51. The Bertz CT molecular complexity index is 2480. The van der Waals surface area contributed by atoms with Gasteiger partial charge in [0.1, 0.15) is 24.6 Å². The van der Waals surface area contributed by atoms with Gasteiger partial charge in [0.25, 0.3) is 5.91 Å². The van der Waals surface area contributed by atoms with Crippen molar-refractivity contribution < 1.29 is 62.3 Å². The molecule has 1 aliphatic carbocycles. The van der Waals surface area contributed by atoms with Crippen molar-refractivity contribution in [1.29, 1.82) is 0 Å². The molecule has 4 aromatic carbocycles. The Balaban J connectivity index is 1.42. The number of esters is 2. The average Bonchev–Trinajstić information content (AvgIpc) is 3.63. The van der Waals surface area contributed by atoms with Crippen LogP contribution in [0.3, 0.4) is 0 Å². The zero-order valence-corrected chi connectivity index (χ0v) is 39.0. The van der Waals surface area contributed by atoms with E-state index in [2.05, 4.69) is 6.58 Å². The second kappa shape index (κ2) is 20.6. The Morgan fingerprint density at radius 2 is 1.48 bits per heavy atom. The number of amides is 2. The fraction of sp³-hybridized carbons (Fsp3) is 0.385. The predicted octanol–water partition coefficient (Wildman–Crippen LogP) is 7.38. The Morgan fingerprint density at radius 3 is 2.09 bits per heavy atom. The summed E-state index contributed by atoms with van der Waals surface area (Å²) in [5, 5.41) is 11.8. The third kappa shape index (κ3) is 10.9. The molecule has 0 saturated carbocycles. The van der Waals surface area contributed by atoms with E-state index in [9.17, 15) is 33.9 Å². The number of aliphatic carboxylic acids is 1. The Labute approximate surface area is 390 Å². The van der Waals surface area contributed by atoms with Gasteiger partial charge in [-0.3, -0.25) is 9.59 Å². The predicted molar refractivity (Wildman–Crippen MR) is 247 cm³/mol. The average molecular weight is 919 g/mol. The standard InChI is InChI=1S/C52H58N2O13/c1-9-44(55)66-32-51(5,6)46(57)47(58)54-26-25-53(49(61)65-29-40-38-19-12-10-17-36(38)37-18-11-13-20-39(37)40)31-52(54,48(59)60)41(23-21-33-22-24-42(62-7)43(27-33)63-8)34-15-14-16-35(28-34)64-30-45(56)67-50(2,3)4/h9-20,22,24,27-28,40-41H,1,21,23,25-26,29-32H2,2-8H3,(H,59,60)/t41?,52-/m1/s1. The number of carboxylic acids is 1. The van der Waals surface area contributed by atoms with Gasteiger partial charge in [-0.2, -0.15) is 0 Å². The number of piperazine rings is 1. The first-order valence-corrected chi connectivity index (χ1v) is 22.0. The summed E-state index contributed by atoms with van der Waals surface area (Å²) in [6.07, 6.45) is 0.367. The maximum absolute atomic E-state index is 14.8. The van der Waals surface area contributed by atoms with Gasteiger partial charge in [-0.15, -0.1) is 0 Å². The van der Waals surface area contributed by atoms with Crippen LogP contribution in [0.2, 0.25) is 0 Å². The van der Waals surface area contributed by atoms with Crippen molar-refractivity contribution in [3.05, 3.63) is 126 Å². The summed E-state index contributed by atoms with van der Waals surface area (Å²) in [4.78, 5) is 85.1. The second-order valence-corrected chi connectivity index (χ2v) is 18.2. The molecule has 2 atom stereocenters. The zero-order valence-electron chi connectivity index (χ0n) is 39.0. The number of carbonyl (C=O) groups excluding carboxylic acids is 5. The third-order valence-electron chi connectivity index (χ3n) is 12.1. The van der Waals surface area contributed by atoms with Crippen LogP contribution < -0.4 is 14.2 Å². The second-order valence-electron chi connectivity index (χ2n) is 18.2. The number of Topliss-reactive ketones (excluding diaryl/α,β-unsaturated/α-hetero) is 1. The molecule has 1 heterocycles. The minimum Gasteiger partial charge on any atom is -0.493 e. The quantitative estimate of drug-likeness (QED) is 0.0452. The summed E-state index contributed by atoms with van der Waals surface area (Å²) < 4.78 is 33.6. The number of methoxy groups -OCH3 is 2. The lowest BCUT2D eigenvalue weighted by Crippen LogP contribution is -2.72. The molecule has 67 heavy (non-hydrogen) atoms. The number of fused-ring (bicyclic) bond motifs is 3. The molecule has 0 radical (unpaired) electrons. The Hall–Kier alpha value is -7.16. The van der Waals surface area contributed by atoms with E-state index in [1.807, 2.05) is 48.5 Å². The molecule has 1 unspecified atom stereocenters. The molecule has 2 aliphatic rings. The molecule has 15 heteroatoms. The number of aryl methyl sites for hydroxylation is 1. The van der Waals surface area contributed by atoms with Crippen LogP contribution in [0.5, 0.6) is 17.2 Å². The maximum Gasteiger partial charge on any atom is 0.409 e. The molecule has 1 aliphatic heterocycles. The van der Waals surface area contributed by atoms with Gasteiger partial charge in [0.05, 0.1) is 26.2 Å². The monoisotopic (exact) mass is 918 g/mol. The number of carboxylic acid groups (broad SMARTS) is 1. The maximum atomic E-state index is 14.8. The summed E-state index contributed by atoms with van der Waals surface area (Å²) in [6.45, 7) is 9.23. The summed E-state index contributed by atoms with van der Waals surface area (Å²) >= 11 is 0. The fourth-order valence-corrected chi connectivity index (χ4v) is 8.78. The van der Waals surface area contributed by atoms with Crippen LogP contribution in [0.1, 0.15) is 75.1 Å². The van der Waals surface area contributed by atoms with E-state index in [4.69, 9.17) is 28.4 Å². The third-order valence-corrected chi connectivity index (χ3v) is 12.1. The highest BCUT2D eigenvalue weighted by Gasteiger charge is 2.58. The van der Waals surface area contributed by atoms with Crippen molar-refractivity contribution in [3.63, 3.8) is 0 Å². The molecule has 1 saturated heterocycles. The summed E-state index contributed by atoms with van der Waals surface area (Å²) in [5.74, 6) is -5.46. The van der Waals surface area contributed by atoms with Gasteiger partial charge in [-0.1, -0.05) is 73.3 Å². The van der Waals surface area contributed by atoms with Crippen LogP contribution in [0.25, 0.3) is 11.1 Å². The van der Waals surface area contributed by atoms with Crippen LogP contribution in [-0.4, -0.2) is 115 Å². The largest absolute Gasteiger partial charge is 0.493 e. The van der Waals surface area contributed by atoms with Crippen LogP contribution in [0.4, 0.5) is 4.79 Å². The van der Waals surface area contributed by atoms with Gasteiger partial charge in [-0.05, 0) is 105 Å². The van der Waals surface area contributed by atoms with E-state index in [1.165, 1.54) is 33.0 Å². The molecule has 354 valence electrons. The highest BCUT2D eigenvalue weighted by Crippen LogP contribution is 2.46. The number of hydrogen-bond acceptors (Lipinski definition) is 12. The summed E-state index contributed by atoms with van der Waals surface area (Å²) in [7, 11) is 3.00. The first-order valence-electron chi connectivity index (χ1n) is 22.0. The molecule has 2 amide bonds. The molecule has 6 rings (SSSR count). The number of hydrogen-bond donors (Lipinski definition) is 1. The number of nitrogens with zero attached hydrogens (tertiary/aromatic N) is 2. The van der Waals surface area contributed by atoms with Gasteiger partial charge in [-0.25, -0.2) is 19.2 Å². The van der Waals surface area contributed by atoms with Crippen LogP contribution in [0.15, 0.2) is 104 Å². The van der Waals surface area contributed by atoms with Gasteiger partial charge >= 0.3 is 24.0 Å². The van der Waals surface area contributed by atoms with E-state index < -0.39 is 77.9 Å². The number of benzene rings is 4. The highest BCUT2D eigenvalue weighted by atomic mass is 16.6. The number of ketones is 1. The van der Waals surface area contributed by atoms with E-state index in [-0.39, 0.29) is 44.2 Å². The number of ether oxygens (including phenoxy) is 6. The van der Waals surface area contributed by atoms with Crippen LogP contribution in [-0.2, 0) is 44.6 Å². The first kappa shape index (κ1) is 49.3. The number of rotatable bonds is 18. The molecule has 15 nitrogen and oxygen atoms in total. The van der Waals surface area contributed by atoms with Crippen molar-refractivity contribution in [1.82, 2.24) is 9.80 Å². The van der Waals surface area contributed by atoms with Gasteiger partial charge < -0.3 is 43.3 Å². The van der Waals surface area contributed by atoms with Gasteiger partial charge in [0.2, 0.25) is 5.78 Å². The summed E-state index contributed by atoms with van der Waals surface area (Å²) in [5.41, 5.74) is 0.397. The molecular formula is C52H58N2O13. The zero-order chi connectivity index (χ0) is 48.7.